The first-order valence-corrected chi connectivity index (χ1v) is 7.30. The molecule has 0 fully saturated rings. The van der Waals surface area contributed by atoms with E-state index >= 15 is 0 Å². The van der Waals surface area contributed by atoms with E-state index in [9.17, 15) is 4.79 Å². The largest absolute Gasteiger partial charge is 0.496 e. The summed E-state index contributed by atoms with van der Waals surface area (Å²) in [5.41, 5.74) is 2.22. The normalized spacial score (nSPS) is 10.6. The first-order valence-electron chi connectivity index (χ1n) is 6.49. The van der Waals surface area contributed by atoms with E-state index < -0.39 is 0 Å². The third kappa shape index (κ3) is 2.73. The Balaban J connectivity index is 1.88. The summed E-state index contributed by atoms with van der Waals surface area (Å²) in [5.74, 6) is 0.373. The number of benzene rings is 2. The van der Waals surface area contributed by atoms with Gasteiger partial charge in [0.2, 0.25) is 0 Å². The van der Waals surface area contributed by atoms with Gasteiger partial charge in [0.1, 0.15) is 5.75 Å². The molecule has 0 aliphatic heterocycles. The van der Waals surface area contributed by atoms with Gasteiger partial charge in [0.25, 0.3) is 5.91 Å². The van der Waals surface area contributed by atoms with Crippen LogP contribution in [0.2, 0.25) is 0 Å². The zero-order chi connectivity index (χ0) is 14.8. The minimum atomic E-state index is -0.187. The molecule has 1 N–H and O–H groups in total. The number of rotatable bonds is 3. The lowest BCUT2D eigenvalue weighted by molar-refractivity contribution is 0.102. The van der Waals surface area contributed by atoms with E-state index in [1.807, 2.05) is 37.3 Å². The Hall–Kier alpha value is -2.40. The van der Waals surface area contributed by atoms with Crippen LogP contribution in [0.3, 0.4) is 0 Å². The van der Waals surface area contributed by atoms with Crippen molar-refractivity contribution >= 4 is 33.1 Å². The van der Waals surface area contributed by atoms with Crippen molar-refractivity contribution in [3.8, 4) is 5.75 Å². The fraction of sp³-hybridized carbons (Fsp3) is 0.125. The molecule has 0 radical (unpaired) electrons. The van der Waals surface area contributed by atoms with E-state index in [2.05, 4.69) is 10.3 Å². The number of methoxy groups -OCH3 is 1. The molecule has 106 valence electrons. The van der Waals surface area contributed by atoms with E-state index in [0.29, 0.717) is 11.3 Å². The van der Waals surface area contributed by atoms with Gasteiger partial charge in [0.15, 0.2) is 0 Å². The van der Waals surface area contributed by atoms with Crippen molar-refractivity contribution in [2.45, 2.75) is 6.92 Å². The Labute approximate surface area is 126 Å². The summed E-state index contributed by atoms with van der Waals surface area (Å²) < 4.78 is 6.27. The van der Waals surface area contributed by atoms with Gasteiger partial charge in [0, 0.05) is 5.69 Å². The smallest absolute Gasteiger partial charge is 0.259 e. The van der Waals surface area contributed by atoms with Crippen LogP contribution >= 0.6 is 11.3 Å². The molecule has 3 aromatic rings. The second kappa shape index (κ2) is 5.54. The third-order valence-electron chi connectivity index (χ3n) is 3.10. The third-order valence-corrected chi connectivity index (χ3v) is 4.04. The lowest BCUT2D eigenvalue weighted by Crippen LogP contribution is -2.12. The molecular weight excluding hydrogens is 284 g/mol. The quantitative estimate of drug-likeness (QED) is 0.798. The van der Waals surface area contributed by atoms with Crippen molar-refractivity contribution in [1.82, 2.24) is 4.98 Å². The molecule has 0 unspecified atom stereocenters. The number of nitrogens with one attached hydrogen (secondary N) is 1. The molecule has 0 aliphatic rings. The van der Waals surface area contributed by atoms with Gasteiger partial charge in [-0.25, -0.2) is 4.98 Å². The van der Waals surface area contributed by atoms with Gasteiger partial charge in [-0.15, -0.1) is 11.3 Å². The van der Waals surface area contributed by atoms with Crippen LogP contribution in [0.1, 0.15) is 15.4 Å². The van der Waals surface area contributed by atoms with Gasteiger partial charge >= 0.3 is 0 Å². The highest BCUT2D eigenvalue weighted by molar-refractivity contribution is 7.18. The van der Waals surface area contributed by atoms with E-state index in [0.717, 1.165) is 20.9 Å². The second-order valence-electron chi connectivity index (χ2n) is 4.57. The van der Waals surface area contributed by atoms with E-state index in [1.54, 1.807) is 30.6 Å². The molecule has 0 aliphatic carbocycles. The molecule has 1 amide bonds. The number of carbonyl (C=O) groups excluding carboxylic acids is 1. The topological polar surface area (TPSA) is 51.2 Å². The standard InChI is InChI=1S/C16H14N2O2S/c1-10-17-13-8-7-11(9-15(13)21-10)18-16(19)12-5-3-4-6-14(12)20-2/h3-9H,1-2H3,(H,18,19). The van der Waals surface area contributed by atoms with Gasteiger partial charge in [0.05, 0.1) is 27.9 Å². The molecule has 21 heavy (non-hydrogen) atoms. The maximum atomic E-state index is 12.3. The van der Waals surface area contributed by atoms with Gasteiger partial charge in [-0.2, -0.15) is 0 Å². The number of hydrogen-bond donors (Lipinski definition) is 1. The Bertz CT molecular complexity index is 811. The zero-order valence-electron chi connectivity index (χ0n) is 11.7. The zero-order valence-corrected chi connectivity index (χ0v) is 12.5. The average Bonchev–Trinajstić information content (AvgIpc) is 2.86. The van der Waals surface area contributed by atoms with E-state index in [1.165, 1.54) is 0 Å². The average molecular weight is 298 g/mol. The van der Waals surface area contributed by atoms with Crippen LogP contribution < -0.4 is 10.1 Å². The summed E-state index contributed by atoms with van der Waals surface area (Å²) in [6.45, 7) is 1.97. The molecule has 1 aromatic heterocycles. The number of nitrogens with zero attached hydrogens (tertiary/aromatic N) is 1. The minimum Gasteiger partial charge on any atom is -0.496 e. The lowest BCUT2D eigenvalue weighted by Gasteiger charge is -2.09. The summed E-state index contributed by atoms with van der Waals surface area (Å²) in [6.07, 6.45) is 0. The first-order chi connectivity index (χ1) is 10.2. The van der Waals surface area contributed by atoms with Crippen molar-refractivity contribution in [2.75, 3.05) is 12.4 Å². The maximum absolute atomic E-state index is 12.3. The molecule has 0 spiro atoms. The highest BCUT2D eigenvalue weighted by Crippen LogP contribution is 2.25. The minimum absolute atomic E-state index is 0.187. The van der Waals surface area contributed by atoms with E-state index in [4.69, 9.17) is 4.74 Å². The van der Waals surface area contributed by atoms with Crippen molar-refractivity contribution in [1.29, 1.82) is 0 Å². The number of anilines is 1. The Morgan fingerprint density at radius 3 is 2.86 bits per heavy atom. The van der Waals surface area contributed by atoms with Crippen LogP contribution in [-0.2, 0) is 0 Å². The van der Waals surface area contributed by atoms with Gasteiger partial charge in [-0.1, -0.05) is 12.1 Å². The van der Waals surface area contributed by atoms with Gasteiger partial charge in [-0.05, 0) is 37.3 Å². The molecule has 0 atom stereocenters. The van der Waals surface area contributed by atoms with Gasteiger partial charge in [-0.3, -0.25) is 4.79 Å². The Morgan fingerprint density at radius 1 is 1.24 bits per heavy atom. The van der Waals surface area contributed by atoms with Crippen molar-refractivity contribution in [2.24, 2.45) is 0 Å². The molecule has 0 bridgehead atoms. The van der Waals surface area contributed by atoms with Crippen LogP contribution in [0.4, 0.5) is 5.69 Å². The molecule has 1 heterocycles. The molecule has 0 saturated carbocycles. The summed E-state index contributed by atoms with van der Waals surface area (Å²) in [7, 11) is 1.55. The number of aromatic nitrogens is 1. The molecule has 2 aromatic carbocycles. The Kier molecular flexibility index (Phi) is 3.58. The Morgan fingerprint density at radius 2 is 2.05 bits per heavy atom. The van der Waals surface area contributed by atoms with E-state index in [-0.39, 0.29) is 5.91 Å². The number of fused-ring (bicyclic) bond motifs is 1. The van der Waals surface area contributed by atoms with Crippen LogP contribution in [0.25, 0.3) is 10.2 Å². The number of thiazole rings is 1. The summed E-state index contributed by atoms with van der Waals surface area (Å²) in [4.78, 5) is 16.7. The fourth-order valence-electron chi connectivity index (χ4n) is 2.15. The molecule has 5 heteroatoms. The predicted octanol–water partition coefficient (Wildman–Crippen LogP) is 3.87. The number of amides is 1. The monoisotopic (exact) mass is 298 g/mol. The van der Waals surface area contributed by atoms with Crippen molar-refractivity contribution in [3.05, 3.63) is 53.0 Å². The molecular formula is C16H14N2O2S. The number of carbonyl (C=O) groups is 1. The summed E-state index contributed by atoms with van der Waals surface area (Å²) in [5, 5.41) is 3.91. The van der Waals surface area contributed by atoms with Crippen molar-refractivity contribution < 1.29 is 9.53 Å². The first kappa shape index (κ1) is 13.6. The fourth-order valence-corrected chi connectivity index (χ4v) is 3.01. The SMILES string of the molecule is COc1ccccc1C(=O)Nc1ccc2nc(C)sc2c1. The lowest BCUT2D eigenvalue weighted by atomic mass is 10.2. The summed E-state index contributed by atoms with van der Waals surface area (Å²) in [6, 6.07) is 12.9. The number of hydrogen-bond acceptors (Lipinski definition) is 4. The highest BCUT2D eigenvalue weighted by atomic mass is 32.1. The predicted molar refractivity (Wildman–Crippen MR) is 85.3 cm³/mol. The second-order valence-corrected chi connectivity index (χ2v) is 5.80. The van der Waals surface area contributed by atoms with Crippen LogP contribution in [0.5, 0.6) is 5.75 Å². The van der Waals surface area contributed by atoms with Crippen molar-refractivity contribution in [3.63, 3.8) is 0 Å². The van der Waals surface area contributed by atoms with Crippen LogP contribution in [0.15, 0.2) is 42.5 Å². The highest BCUT2D eigenvalue weighted by Gasteiger charge is 2.12. The molecule has 4 nitrogen and oxygen atoms in total. The molecule has 0 saturated heterocycles. The van der Waals surface area contributed by atoms with Crippen LogP contribution in [0, 0.1) is 6.92 Å². The summed E-state index contributed by atoms with van der Waals surface area (Å²) >= 11 is 1.61. The van der Waals surface area contributed by atoms with Crippen LogP contribution in [-0.4, -0.2) is 18.0 Å². The number of ether oxygens (including phenoxy) is 1. The number of para-hydroxylation sites is 1. The molecule has 3 rings (SSSR count). The maximum Gasteiger partial charge on any atom is 0.259 e. The number of aryl methyl sites for hydroxylation is 1. The van der Waals surface area contributed by atoms with Gasteiger partial charge < -0.3 is 10.1 Å².